The molecule has 3 aromatic rings. The number of esters is 1. The first kappa shape index (κ1) is 23.5. The van der Waals surface area contributed by atoms with Crippen LogP contribution in [-0.4, -0.2) is 18.5 Å². The Labute approximate surface area is 193 Å². The van der Waals surface area contributed by atoms with Crippen LogP contribution in [0.1, 0.15) is 60.7 Å². The lowest BCUT2D eigenvalue weighted by atomic mass is 10.0. The largest absolute Gasteiger partial charge is 0.462 e. The van der Waals surface area contributed by atoms with Crippen molar-refractivity contribution in [3.63, 3.8) is 0 Å². The van der Waals surface area contributed by atoms with Crippen molar-refractivity contribution >= 4 is 34.3 Å². The molecule has 0 aliphatic carbocycles. The summed E-state index contributed by atoms with van der Waals surface area (Å²) in [5.74, 6) is -0.270. The maximum atomic E-state index is 12.7. The molecule has 5 heteroatoms. The van der Waals surface area contributed by atoms with Gasteiger partial charge in [-0.2, -0.15) is 0 Å². The SMILES string of the molecule is CCOC(=O)c1c(-c2ccc(CC)cc2)csc1NC(=O)/C=C/c1ccc(C(C)C)cc1. The Kier molecular flexibility index (Phi) is 8.01. The van der Waals surface area contributed by atoms with Crippen molar-refractivity contribution in [2.75, 3.05) is 11.9 Å². The molecule has 1 heterocycles. The zero-order chi connectivity index (χ0) is 23.1. The predicted octanol–water partition coefficient (Wildman–Crippen LogP) is 6.93. The van der Waals surface area contributed by atoms with Crippen LogP contribution >= 0.6 is 11.3 Å². The summed E-state index contributed by atoms with van der Waals surface area (Å²) in [6, 6.07) is 16.2. The number of hydrogen-bond acceptors (Lipinski definition) is 4. The Bertz CT molecular complexity index is 1090. The molecule has 0 spiro atoms. The number of aryl methyl sites for hydroxylation is 1. The summed E-state index contributed by atoms with van der Waals surface area (Å²) in [5.41, 5.74) is 5.50. The van der Waals surface area contributed by atoms with E-state index in [0.717, 1.165) is 23.1 Å². The number of carbonyl (C=O) groups excluding carboxylic acids is 2. The summed E-state index contributed by atoms with van der Waals surface area (Å²) in [4.78, 5) is 25.3. The zero-order valence-corrected chi connectivity index (χ0v) is 19.8. The van der Waals surface area contributed by atoms with Gasteiger partial charge in [0.25, 0.3) is 0 Å². The van der Waals surface area contributed by atoms with Crippen molar-refractivity contribution < 1.29 is 14.3 Å². The van der Waals surface area contributed by atoms with Crippen LogP contribution in [0, 0.1) is 0 Å². The lowest BCUT2D eigenvalue weighted by Gasteiger charge is -2.08. The number of rotatable bonds is 8. The van der Waals surface area contributed by atoms with E-state index in [9.17, 15) is 9.59 Å². The molecule has 3 rings (SSSR count). The minimum Gasteiger partial charge on any atom is -0.462 e. The van der Waals surface area contributed by atoms with Gasteiger partial charge >= 0.3 is 5.97 Å². The van der Waals surface area contributed by atoms with E-state index in [1.165, 1.54) is 28.5 Å². The third-order valence-electron chi connectivity index (χ3n) is 5.21. The molecule has 1 N–H and O–H groups in total. The van der Waals surface area contributed by atoms with E-state index in [0.29, 0.717) is 16.5 Å². The predicted molar refractivity (Wildman–Crippen MR) is 133 cm³/mol. The van der Waals surface area contributed by atoms with Gasteiger partial charge in [-0.15, -0.1) is 11.3 Å². The smallest absolute Gasteiger partial charge is 0.341 e. The second kappa shape index (κ2) is 10.9. The van der Waals surface area contributed by atoms with Gasteiger partial charge in [0.15, 0.2) is 0 Å². The molecule has 0 bridgehead atoms. The van der Waals surface area contributed by atoms with Crippen LogP contribution in [0.5, 0.6) is 0 Å². The average Bonchev–Trinajstić information content (AvgIpc) is 3.21. The average molecular weight is 448 g/mol. The summed E-state index contributed by atoms with van der Waals surface area (Å²) < 4.78 is 5.27. The van der Waals surface area contributed by atoms with Gasteiger partial charge in [0, 0.05) is 17.0 Å². The van der Waals surface area contributed by atoms with Gasteiger partial charge < -0.3 is 10.1 Å². The van der Waals surface area contributed by atoms with Crippen LogP contribution < -0.4 is 5.32 Å². The minimum atomic E-state index is -0.438. The summed E-state index contributed by atoms with van der Waals surface area (Å²) in [7, 11) is 0. The number of amides is 1. The van der Waals surface area contributed by atoms with Gasteiger partial charge in [-0.05, 0) is 47.6 Å². The van der Waals surface area contributed by atoms with E-state index in [-0.39, 0.29) is 12.5 Å². The highest BCUT2D eigenvalue weighted by molar-refractivity contribution is 7.15. The van der Waals surface area contributed by atoms with Crippen LogP contribution in [0.2, 0.25) is 0 Å². The molecule has 1 amide bonds. The number of anilines is 1. The van der Waals surface area contributed by atoms with Crippen molar-refractivity contribution in [3.8, 4) is 11.1 Å². The van der Waals surface area contributed by atoms with Crippen LogP contribution in [0.4, 0.5) is 5.00 Å². The van der Waals surface area contributed by atoms with E-state index < -0.39 is 5.97 Å². The molecule has 0 radical (unpaired) electrons. The van der Waals surface area contributed by atoms with Gasteiger partial charge in [-0.1, -0.05) is 69.3 Å². The molecular formula is C27H29NO3S. The van der Waals surface area contributed by atoms with E-state index in [1.54, 1.807) is 13.0 Å². The van der Waals surface area contributed by atoms with Gasteiger partial charge in [0.2, 0.25) is 5.91 Å². The quantitative estimate of drug-likeness (QED) is 0.301. The molecule has 4 nitrogen and oxygen atoms in total. The molecule has 2 aromatic carbocycles. The monoisotopic (exact) mass is 447 g/mol. The molecule has 0 saturated heterocycles. The zero-order valence-electron chi connectivity index (χ0n) is 19.0. The third-order valence-corrected chi connectivity index (χ3v) is 6.11. The van der Waals surface area contributed by atoms with E-state index in [4.69, 9.17) is 4.74 Å². The summed E-state index contributed by atoms with van der Waals surface area (Å²) in [6.07, 6.45) is 4.19. The normalized spacial score (nSPS) is 11.2. The fraction of sp³-hybridized carbons (Fsp3) is 0.259. The molecule has 166 valence electrons. The number of hydrogen-bond donors (Lipinski definition) is 1. The van der Waals surface area contributed by atoms with Crippen molar-refractivity contribution in [2.45, 2.75) is 40.0 Å². The Morgan fingerprint density at radius 1 is 1.03 bits per heavy atom. The van der Waals surface area contributed by atoms with Gasteiger partial charge in [0.05, 0.1) is 6.61 Å². The van der Waals surface area contributed by atoms with Crippen molar-refractivity contribution in [2.24, 2.45) is 0 Å². The van der Waals surface area contributed by atoms with E-state index >= 15 is 0 Å². The highest BCUT2D eigenvalue weighted by Gasteiger charge is 2.22. The standard InChI is InChI=1S/C27H29NO3S/c1-5-19-7-14-22(15-8-19)23-17-32-26(25(23)27(30)31-6-2)28-24(29)16-11-20-9-12-21(13-10-20)18(3)4/h7-18H,5-6H2,1-4H3,(H,28,29)/b16-11+. The highest BCUT2D eigenvalue weighted by Crippen LogP contribution is 2.36. The van der Waals surface area contributed by atoms with Gasteiger partial charge in [0.1, 0.15) is 10.6 Å². The van der Waals surface area contributed by atoms with Crippen molar-refractivity contribution in [1.29, 1.82) is 0 Å². The van der Waals surface area contributed by atoms with Crippen LogP contribution in [0.15, 0.2) is 60.0 Å². The first-order chi connectivity index (χ1) is 15.4. The number of carbonyl (C=O) groups is 2. The Morgan fingerprint density at radius 3 is 2.31 bits per heavy atom. The molecule has 0 aliphatic rings. The molecular weight excluding hydrogens is 418 g/mol. The fourth-order valence-electron chi connectivity index (χ4n) is 3.31. The number of benzene rings is 2. The number of thiophene rings is 1. The summed E-state index contributed by atoms with van der Waals surface area (Å²) in [6.45, 7) is 8.43. The molecule has 0 atom stereocenters. The fourth-order valence-corrected chi connectivity index (χ4v) is 4.27. The van der Waals surface area contributed by atoms with Crippen molar-refractivity contribution in [3.05, 3.63) is 82.2 Å². The van der Waals surface area contributed by atoms with E-state index in [1.807, 2.05) is 41.8 Å². The van der Waals surface area contributed by atoms with Crippen LogP contribution in [0.3, 0.4) is 0 Å². The topological polar surface area (TPSA) is 55.4 Å². The number of ether oxygens (including phenoxy) is 1. The molecule has 32 heavy (non-hydrogen) atoms. The van der Waals surface area contributed by atoms with E-state index in [2.05, 4.69) is 38.2 Å². The Hall–Kier alpha value is -3.18. The number of nitrogens with one attached hydrogen (secondary N) is 1. The molecule has 1 aromatic heterocycles. The van der Waals surface area contributed by atoms with Gasteiger partial charge in [-0.3, -0.25) is 4.79 Å². The van der Waals surface area contributed by atoms with Crippen molar-refractivity contribution in [1.82, 2.24) is 0 Å². The van der Waals surface area contributed by atoms with Crippen LogP contribution in [0.25, 0.3) is 17.2 Å². The molecule has 0 saturated carbocycles. The second-order valence-corrected chi connectivity index (χ2v) is 8.65. The second-order valence-electron chi connectivity index (χ2n) is 7.77. The Balaban J connectivity index is 1.82. The molecule has 0 aliphatic heterocycles. The summed E-state index contributed by atoms with van der Waals surface area (Å²) in [5, 5.41) is 5.23. The minimum absolute atomic E-state index is 0.266. The maximum absolute atomic E-state index is 12.7. The highest BCUT2D eigenvalue weighted by atomic mass is 32.1. The molecule has 0 fully saturated rings. The summed E-state index contributed by atoms with van der Waals surface area (Å²) >= 11 is 1.32. The maximum Gasteiger partial charge on any atom is 0.341 e. The Morgan fingerprint density at radius 2 is 1.72 bits per heavy atom. The first-order valence-electron chi connectivity index (χ1n) is 10.9. The lowest BCUT2D eigenvalue weighted by Crippen LogP contribution is -2.12. The first-order valence-corrected chi connectivity index (χ1v) is 11.8. The van der Waals surface area contributed by atoms with Gasteiger partial charge in [-0.25, -0.2) is 4.79 Å². The lowest BCUT2D eigenvalue weighted by molar-refractivity contribution is -0.111. The van der Waals surface area contributed by atoms with Crippen LogP contribution in [-0.2, 0) is 16.0 Å². The third kappa shape index (κ3) is 5.74. The molecule has 0 unspecified atom stereocenters.